The van der Waals surface area contributed by atoms with Crippen LogP contribution in [0.5, 0.6) is 0 Å². The molecule has 0 aliphatic heterocycles. The normalized spacial score (nSPS) is 12.3. The number of aromatic nitrogens is 1. The summed E-state index contributed by atoms with van der Waals surface area (Å²) in [6.07, 6.45) is -3.11. The van der Waals surface area contributed by atoms with Gasteiger partial charge >= 0.3 is 6.18 Å². The maximum absolute atomic E-state index is 12.3. The average Bonchev–Trinajstić information content (AvgIpc) is 2.74. The van der Waals surface area contributed by atoms with Crippen LogP contribution in [0.4, 0.5) is 13.2 Å². The maximum Gasteiger partial charge on any atom is 0.401 e. The molecular formula is C12H20F3N3S. The highest BCUT2D eigenvalue weighted by atomic mass is 32.1. The summed E-state index contributed by atoms with van der Waals surface area (Å²) in [5.41, 5.74) is 0.712. The van der Waals surface area contributed by atoms with Crippen molar-refractivity contribution in [3.8, 4) is 0 Å². The zero-order valence-electron chi connectivity index (χ0n) is 11.3. The summed E-state index contributed by atoms with van der Waals surface area (Å²) in [5.74, 6) is 0. The molecule has 0 aliphatic carbocycles. The molecule has 1 aromatic rings. The predicted molar refractivity (Wildman–Crippen MR) is 71.1 cm³/mol. The minimum absolute atomic E-state index is 0.250. The zero-order chi connectivity index (χ0) is 14.3. The van der Waals surface area contributed by atoms with Crippen molar-refractivity contribution < 1.29 is 13.2 Å². The summed E-state index contributed by atoms with van der Waals surface area (Å²) in [6.45, 7) is 5.14. The minimum Gasteiger partial charge on any atom is -0.310 e. The fourth-order valence-electron chi connectivity index (χ4n) is 1.64. The topological polar surface area (TPSA) is 28.2 Å². The first-order chi connectivity index (χ1) is 8.94. The molecule has 1 aromatic heterocycles. The third-order valence-electron chi connectivity index (χ3n) is 2.54. The van der Waals surface area contributed by atoms with Crippen LogP contribution in [0.15, 0.2) is 5.38 Å². The van der Waals surface area contributed by atoms with E-state index in [0.29, 0.717) is 18.8 Å². The van der Waals surface area contributed by atoms with Gasteiger partial charge in [-0.25, -0.2) is 4.98 Å². The van der Waals surface area contributed by atoms with Crippen molar-refractivity contribution >= 4 is 11.3 Å². The second kappa shape index (κ2) is 7.81. The van der Waals surface area contributed by atoms with E-state index in [4.69, 9.17) is 0 Å². The molecule has 0 spiro atoms. The van der Waals surface area contributed by atoms with E-state index < -0.39 is 12.7 Å². The number of nitrogens with zero attached hydrogens (tertiary/aromatic N) is 2. The van der Waals surface area contributed by atoms with E-state index in [2.05, 4.69) is 17.2 Å². The molecule has 3 nitrogen and oxygen atoms in total. The van der Waals surface area contributed by atoms with E-state index in [9.17, 15) is 13.2 Å². The molecule has 0 saturated carbocycles. The number of thiazole rings is 1. The Bertz CT molecular complexity index is 365. The van der Waals surface area contributed by atoms with Gasteiger partial charge in [-0.15, -0.1) is 11.3 Å². The number of alkyl halides is 3. The number of hydrogen-bond donors (Lipinski definition) is 1. The van der Waals surface area contributed by atoms with E-state index in [1.165, 1.54) is 16.2 Å². The monoisotopic (exact) mass is 295 g/mol. The number of halogens is 3. The molecule has 110 valence electrons. The van der Waals surface area contributed by atoms with Gasteiger partial charge in [0.2, 0.25) is 0 Å². The van der Waals surface area contributed by atoms with Gasteiger partial charge in [-0.3, -0.25) is 4.90 Å². The Balaban J connectivity index is 2.47. The Morgan fingerprint density at radius 2 is 2.11 bits per heavy atom. The first-order valence-corrected chi connectivity index (χ1v) is 7.25. The standard InChI is InChI=1S/C12H20F3N3S/c1-3-5-16-6-11-17-10(8-19-11)7-18(4-2)9-12(13,14)15/h8,16H,3-7,9H2,1-2H3. The third-order valence-corrected chi connectivity index (χ3v) is 3.44. The van der Waals surface area contributed by atoms with Crippen molar-refractivity contribution in [2.45, 2.75) is 39.5 Å². The third kappa shape index (κ3) is 6.89. The summed E-state index contributed by atoms with van der Waals surface area (Å²) in [6, 6.07) is 0. The molecule has 0 radical (unpaired) electrons. The van der Waals surface area contributed by atoms with Gasteiger partial charge in [0.05, 0.1) is 12.2 Å². The molecule has 0 bridgehead atoms. The van der Waals surface area contributed by atoms with Gasteiger partial charge in [0, 0.05) is 18.5 Å². The minimum atomic E-state index is -4.16. The second-order valence-corrected chi connectivity index (χ2v) is 5.27. The smallest absolute Gasteiger partial charge is 0.310 e. The number of hydrogen-bond acceptors (Lipinski definition) is 4. The van der Waals surface area contributed by atoms with Crippen LogP contribution in [-0.4, -0.2) is 35.7 Å². The summed E-state index contributed by atoms with van der Waals surface area (Å²) in [7, 11) is 0. The van der Waals surface area contributed by atoms with E-state index in [1.54, 1.807) is 6.92 Å². The molecule has 0 aliphatic rings. The Kier molecular flexibility index (Phi) is 6.74. The lowest BCUT2D eigenvalue weighted by Crippen LogP contribution is -2.33. The quantitative estimate of drug-likeness (QED) is 0.747. The summed E-state index contributed by atoms with van der Waals surface area (Å²) in [4.78, 5) is 5.69. The lowest BCUT2D eigenvalue weighted by molar-refractivity contribution is -0.146. The lowest BCUT2D eigenvalue weighted by atomic mass is 10.4. The zero-order valence-corrected chi connectivity index (χ0v) is 12.1. The molecule has 0 aromatic carbocycles. The molecule has 1 N–H and O–H groups in total. The van der Waals surface area contributed by atoms with Crippen molar-refractivity contribution in [3.63, 3.8) is 0 Å². The Morgan fingerprint density at radius 1 is 1.37 bits per heavy atom. The second-order valence-electron chi connectivity index (χ2n) is 4.33. The molecular weight excluding hydrogens is 275 g/mol. The van der Waals surface area contributed by atoms with Crippen LogP contribution in [0, 0.1) is 0 Å². The van der Waals surface area contributed by atoms with Gasteiger partial charge in [0.25, 0.3) is 0 Å². The van der Waals surface area contributed by atoms with Gasteiger partial charge in [-0.1, -0.05) is 13.8 Å². The predicted octanol–water partition coefficient (Wildman–Crippen LogP) is 3.03. The molecule has 0 atom stereocenters. The summed E-state index contributed by atoms with van der Waals surface area (Å²) in [5, 5.41) is 5.98. The van der Waals surface area contributed by atoms with Crippen LogP contribution in [0.25, 0.3) is 0 Å². The largest absolute Gasteiger partial charge is 0.401 e. The highest BCUT2D eigenvalue weighted by Gasteiger charge is 2.30. The van der Waals surface area contributed by atoms with E-state index in [0.717, 1.165) is 18.0 Å². The Labute approximate surface area is 115 Å². The van der Waals surface area contributed by atoms with Crippen LogP contribution in [0.2, 0.25) is 0 Å². The van der Waals surface area contributed by atoms with E-state index in [1.807, 2.05) is 5.38 Å². The van der Waals surface area contributed by atoms with Crippen LogP contribution in [0.3, 0.4) is 0 Å². The van der Waals surface area contributed by atoms with Gasteiger partial charge in [0.15, 0.2) is 0 Å². The molecule has 0 saturated heterocycles. The number of rotatable bonds is 8. The molecule has 1 rings (SSSR count). The highest BCUT2D eigenvalue weighted by molar-refractivity contribution is 7.09. The maximum atomic E-state index is 12.3. The van der Waals surface area contributed by atoms with Crippen LogP contribution >= 0.6 is 11.3 Å². The Hall–Kier alpha value is -0.660. The van der Waals surface area contributed by atoms with Crippen LogP contribution < -0.4 is 5.32 Å². The van der Waals surface area contributed by atoms with E-state index in [-0.39, 0.29) is 6.54 Å². The van der Waals surface area contributed by atoms with Crippen molar-refractivity contribution in [3.05, 3.63) is 16.1 Å². The van der Waals surface area contributed by atoms with Crippen molar-refractivity contribution in [2.24, 2.45) is 0 Å². The van der Waals surface area contributed by atoms with Gasteiger partial charge in [-0.2, -0.15) is 13.2 Å². The molecule has 0 amide bonds. The van der Waals surface area contributed by atoms with Crippen molar-refractivity contribution in [1.29, 1.82) is 0 Å². The molecule has 0 unspecified atom stereocenters. The van der Waals surface area contributed by atoms with Crippen LogP contribution in [-0.2, 0) is 13.1 Å². The van der Waals surface area contributed by atoms with E-state index >= 15 is 0 Å². The van der Waals surface area contributed by atoms with Gasteiger partial charge < -0.3 is 5.32 Å². The molecule has 19 heavy (non-hydrogen) atoms. The van der Waals surface area contributed by atoms with Gasteiger partial charge in [-0.05, 0) is 19.5 Å². The molecule has 1 heterocycles. The fourth-order valence-corrected chi connectivity index (χ4v) is 2.39. The molecule has 0 fully saturated rings. The summed E-state index contributed by atoms with van der Waals surface area (Å²) >= 11 is 1.49. The SMILES string of the molecule is CCCNCc1nc(CN(CC)CC(F)(F)F)cs1. The van der Waals surface area contributed by atoms with Gasteiger partial charge in [0.1, 0.15) is 5.01 Å². The average molecular weight is 295 g/mol. The highest BCUT2D eigenvalue weighted by Crippen LogP contribution is 2.18. The first-order valence-electron chi connectivity index (χ1n) is 6.37. The fraction of sp³-hybridized carbons (Fsp3) is 0.750. The first kappa shape index (κ1) is 16.4. The van der Waals surface area contributed by atoms with Crippen LogP contribution in [0.1, 0.15) is 31.0 Å². The lowest BCUT2D eigenvalue weighted by Gasteiger charge is -2.20. The molecule has 7 heteroatoms. The summed E-state index contributed by atoms with van der Waals surface area (Å²) < 4.78 is 37.0. The van der Waals surface area contributed by atoms with Crippen molar-refractivity contribution in [2.75, 3.05) is 19.6 Å². The number of nitrogens with one attached hydrogen (secondary N) is 1. The Morgan fingerprint density at radius 3 is 2.68 bits per heavy atom. The van der Waals surface area contributed by atoms with Crippen molar-refractivity contribution in [1.82, 2.24) is 15.2 Å².